The molecule has 0 aromatic heterocycles. The van der Waals surface area contributed by atoms with Gasteiger partial charge in [-0.25, -0.2) is 9.13 Å². The number of phosphoric acid groups is 2. The van der Waals surface area contributed by atoms with Crippen molar-refractivity contribution >= 4 is 39.5 Å². The van der Waals surface area contributed by atoms with E-state index in [1.807, 2.05) is 0 Å². The molecule has 0 rings (SSSR count). The summed E-state index contributed by atoms with van der Waals surface area (Å²) in [5.74, 6) is 0.185. The van der Waals surface area contributed by atoms with Gasteiger partial charge in [-0.05, 0) is 43.4 Å². The zero-order valence-electron chi connectivity index (χ0n) is 67.8. The highest BCUT2D eigenvalue weighted by Crippen LogP contribution is 2.45. The predicted molar refractivity (Wildman–Crippen MR) is 423 cm³/mol. The van der Waals surface area contributed by atoms with Gasteiger partial charge in [-0.1, -0.05) is 389 Å². The van der Waals surface area contributed by atoms with Crippen molar-refractivity contribution in [3.8, 4) is 0 Å². The van der Waals surface area contributed by atoms with Gasteiger partial charge in [-0.3, -0.25) is 37.3 Å². The number of carbonyl (C=O) groups is 4. The van der Waals surface area contributed by atoms with Crippen LogP contribution in [0.15, 0.2) is 0 Å². The Morgan fingerprint density at radius 1 is 0.282 bits per heavy atom. The lowest BCUT2D eigenvalue weighted by Crippen LogP contribution is -2.30. The average Bonchev–Trinajstić information content (AvgIpc) is 0.910. The predicted octanol–water partition coefficient (Wildman–Crippen LogP) is 25.3. The molecule has 17 nitrogen and oxygen atoms in total. The van der Waals surface area contributed by atoms with Gasteiger partial charge in [-0.2, -0.15) is 0 Å². The second-order valence-electron chi connectivity index (χ2n) is 31.4. The summed E-state index contributed by atoms with van der Waals surface area (Å²) in [7, 11) is -9.93. The first-order valence-corrected chi connectivity index (χ1v) is 46.4. The summed E-state index contributed by atoms with van der Waals surface area (Å²) in [6.45, 7) is 11.9. The fraction of sp³-hybridized carbons (Fsp3) is 0.952. The average molecular weight is 1510 g/mol. The van der Waals surface area contributed by atoms with Gasteiger partial charge >= 0.3 is 39.5 Å². The molecule has 3 unspecified atom stereocenters. The first-order chi connectivity index (χ1) is 49.8. The lowest BCUT2D eigenvalue weighted by Gasteiger charge is -2.21. The zero-order chi connectivity index (χ0) is 75.8. The van der Waals surface area contributed by atoms with Crippen LogP contribution in [0.25, 0.3) is 0 Å². The highest BCUT2D eigenvalue weighted by molar-refractivity contribution is 7.47. The molecule has 19 heteroatoms. The van der Waals surface area contributed by atoms with Crippen molar-refractivity contribution in [2.75, 3.05) is 39.6 Å². The number of aliphatic hydroxyl groups excluding tert-OH is 1. The lowest BCUT2D eigenvalue weighted by atomic mass is 10.00. The Morgan fingerprint density at radius 2 is 0.495 bits per heavy atom. The first kappa shape index (κ1) is 101. The SMILES string of the molecule is CCCCCCCCCCCCCCCCCCCCCCCCC(=O)O[C@H](COC(=O)CCCCCCCCCCCCCCCCC(C)C)COP(=O)(O)OC[C@@H](O)COP(=O)(O)OC[C@@H](COC(=O)CCCCCCCCC(C)CC)OC(=O)CCCCCCCCCCCCCC(C)C. The van der Waals surface area contributed by atoms with Crippen molar-refractivity contribution in [1.82, 2.24) is 0 Å². The second-order valence-corrected chi connectivity index (χ2v) is 34.3. The van der Waals surface area contributed by atoms with E-state index in [1.165, 1.54) is 244 Å². The van der Waals surface area contributed by atoms with Gasteiger partial charge in [0, 0.05) is 25.7 Å². The van der Waals surface area contributed by atoms with E-state index < -0.39 is 97.5 Å². The van der Waals surface area contributed by atoms with Gasteiger partial charge in [-0.15, -0.1) is 0 Å². The molecular formula is C84H164O17P2. The zero-order valence-corrected chi connectivity index (χ0v) is 69.6. The molecular weight excluding hydrogens is 1340 g/mol. The van der Waals surface area contributed by atoms with E-state index in [-0.39, 0.29) is 25.7 Å². The first-order valence-electron chi connectivity index (χ1n) is 43.4. The minimum absolute atomic E-state index is 0.106. The number of phosphoric ester groups is 2. The van der Waals surface area contributed by atoms with Crippen molar-refractivity contribution in [3.63, 3.8) is 0 Å². The molecule has 0 aliphatic rings. The Kier molecular flexibility index (Phi) is 72.8. The van der Waals surface area contributed by atoms with E-state index in [0.717, 1.165) is 114 Å². The van der Waals surface area contributed by atoms with E-state index in [9.17, 15) is 43.2 Å². The van der Waals surface area contributed by atoms with Crippen LogP contribution in [0.2, 0.25) is 0 Å². The summed E-state index contributed by atoms with van der Waals surface area (Å²) in [6.07, 6.45) is 64.0. The summed E-state index contributed by atoms with van der Waals surface area (Å²) in [5, 5.41) is 10.7. The fourth-order valence-electron chi connectivity index (χ4n) is 13.0. The highest BCUT2D eigenvalue weighted by atomic mass is 31.2. The molecule has 0 spiro atoms. The maximum Gasteiger partial charge on any atom is 0.472 e. The molecule has 612 valence electrons. The van der Waals surface area contributed by atoms with Crippen molar-refractivity contribution in [2.24, 2.45) is 17.8 Å². The van der Waals surface area contributed by atoms with Crippen LogP contribution >= 0.6 is 15.6 Å². The monoisotopic (exact) mass is 1510 g/mol. The second kappa shape index (κ2) is 74.2. The summed E-state index contributed by atoms with van der Waals surface area (Å²) in [6, 6.07) is 0. The summed E-state index contributed by atoms with van der Waals surface area (Å²) >= 11 is 0. The Labute approximate surface area is 632 Å². The van der Waals surface area contributed by atoms with E-state index in [2.05, 4.69) is 48.5 Å². The topological polar surface area (TPSA) is 237 Å². The van der Waals surface area contributed by atoms with Crippen LogP contribution in [0, 0.1) is 17.8 Å². The molecule has 103 heavy (non-hydrogen) atoms. The third kappa shape index (κ3) is 76.6. The number of hydrogen-bond acceptors (Lipinski definition) is 15. The van der Waals surface area contributed by atoms with Crippen LogP contribution in [0.1, 0.15) is 440 Å². The summed E-state index contributed by atoms with van der Waals surface area (Å²) in [4.78, 5) is 73.1. The molecule has 0 saturated heterocycles. The van der Waals surface area contributed by atoms with E-state index in [4.69, 9.17) is 37.0 Å². The maximum absolute atomic E-state index is 13.1. The molecule has 0 bridgehead atoms. The van der Waals surface area contributed by atoms with E-state index >= 15 is 0 Å². The molecule has 0 aliphatic carbocycles. The Bertz CT molecular complexity index is 1990. The third-order valence-electron chi connectivity index (χ3n) is 20.0. The number of rotatable bonds is 82. The van der Waals surface area contributed by atoms with E-state index in [1.54, 1.807) is 0 Å². The number of carbonyl (C=O) groups excluding carboxylic acids is 4. The molecule has 0 aromatic rings. The molecule has 6 atom stereocenters. The smallest absolute Gasteiger partial charge is 0.462 e. The van der Waals surface area contributed by atoms with Crippen LogP contribution in [-0.2, 0) is 65.4 Å². The number of esters is 4. The van der Waals surface area contributed by atoms with Crippen molar-refractivity contribution in [2.45, 2.75) is 458 Å². The number of unbranched alkanes of at least 4 members (excludes halogenated alkanes) is 49. The van der Waals surface area contributed by atoms with E-state index in [0.29, 0.717) is 25.7 Å². The van der Waals surface area contributed by atoms with Gasteiger partial charge in [0.1, 0.15) is 19.3 Å². The fourth-order valence-corrected chi connectivity index (χ4v) is 14.6. The maximum atomic E-state index is 13.1. The van der Waals surface area contributed by atoms with Gasteiger partial charge < -0.3 is 33.8 Å². The number of ether oxygens (including phenoxy) is 4. The minimum Gasteiger partial charge on any atom is -0.462 e. The molecule has 0 aromatic carbocycles. The Hall–Kier alpha value is -1.94. The van der Waals surface area contributed by atoms with Crippen LogP contribution in [0.5, 0.6) is 0 Å². The van der Waals surface area contributed by atoms with Crippen molar-refractivity contribution in [3.05, 3.63) is 0 Å². The van der Waals surface area contributed by atoms with Gasteiger partial charge in [0.25, 0.3) is 0 Å². The lowest BCUT2D eigenvalue weighted by molar-refractivity contribution is -0.161. The van der Waals surface area contributed by atoms with Crippen molar-refractivity contribution < 1.29 is 80.2 Å². The van der Waals surface area contributed by atoms with Gasteiger partial charge in [0.2, 0.25) is 0 Å². The van der Waals surface area contributed by atoms with Crippen LogP contribution in [-0.4, -0.2) is 96.7 Å². The largest absolute Gasteiger partial charge is 0.472 e. The van der Waals surface area contributed by atoms with Crippen LogP contribution in [0.3, 0.4) is 0 Å². The van der Waals surface area contributed by atoms with Crippen LogP contribution < -0.4 is 0 Å². The summed E-state index contributed by atoms with van der Waals surface area (Å²) < 4.78 is 68.8. The standard InChI is InChI=1S/C84H164O17P2/c1-8-10-11-12-13-14-15-16-17-18-19-20-21-22-23-24-29-34-39-44-53-60-67-83(88)100-79(71-94-81(86)65-58-51-43-38-33-28-26-25-27-31-36-41-48-55-62-75(3)4)73-98-102(90,91)96-69-78(85)70-97-103(92,93)99-74-80(72-95-82(87)66-59-52-47-46-50-57-64-77(7)9-2)101-84(89)68-61-54-45-40-35-30-32-37-42-49-56-63-76(5)6/h75-80,85H,8-74H2,1-7H3,(H,90,91)(H,92,93)/t77?,78-,79-,80-/m1/s1. The van der Waals surface area contributed by atoms with Crippen LogP contribution in [0.4, 0.5) is 0 Å². The highest BCUT2D eigenvalue weighted by Gasteiger charge is 2.30. The number of aliphatic hydroxyl groups is 1. The Balaban J connectivity index is 5.22. The molecule has 0 aliphatic heterocycles. The normalized spacial score (nSPS) is 14.2. The third-order valence-corrected chi connectivity index (χ3v) is 21.9. The molecule has 0 saturated carbocycles. The summed E-state index contributed by atoms with van der Waals surface area (Å²) in [5.41, 5.74) is 0. The minimum atomic E-state index is -4.96. The molecule has 0 radical (unpaired) electrons. The Morgan fingerprint density at radius 3 is 0.738 bits per heavy atom. The van der Waals surface area contributed by atoms with Crippen molar-refractivity contribution in [1.29, 1.82) is 0 Å². The number of hydrogen-bond donors (Lipinski definition) is 3. The molecule has 3 N–H and O–H groups in total. The molecule has 0 heterocycles. The van der Waals surface area contributed by atoms with Gasteiger partial charge in [0.15, 0.2) is 12.2 Å². The quantitative estimate of drug-likeness (QED) is 0.0222. The molecule has 0 fully saturated rings. The molecule has 0 amide bonds. The van der Waals surface area contributed by atoms with Gasteiger partial charge in [0.05, 0.1) is 26.4 Å².